The fourth-order valence-electron chi connectivity index (χ4n) is 2.55. The normalized spacial score (nSPS) is 16.6. The fraction of sp³-hybridized carbons (Fsp3) is 0.267. The van der Waals surface area contributed by atoms with Crippen molar-refractivity contribution in [2.24, 2.45) is 0 Å². The summed E-state index contributed by atoms with van der Waals surface area (Å²) in [6.45, 7) is 3.37. The van der Waals surface area contributed by atoms with Gasteiger partial charge in [-0.05, 0) is 29.8 Å². The summed E-state index contributed by atoms with van der Waals surface area (Å²) in [7, 11) is 1.25. The van der Waals surface area contributed by atoms with Gasteiger partial charge in [-0.1, -0.05) is 34.9 Å². The number of tetrazole rings is 1. The highest BCUT2D eigenvalue weighted by molar-refractivity contribution is 6.20. The van der Waals surface area contributed by atoms with Gasteiger partial charge in [0.25, 0.3) is 0 Å². The summed E-state index contributed by atoms with van der Waals surface area (Å²) in [5.74, 6) is -0.645. The Morgan fingerprint density at radius 1 is 1.26 bits per heavy atom. The second kappa shape index (κ2) is 5.64. The lowest BCUT2D eigenvalue weighted by Crippen LogP contribution is -2.30. The van der Waals surface area contributed by atoms with Crippen LogP contribution in [0.4, 0.5) is 5.95 Å². The number of methoxy groups -OCH3 is 1. The van der Waals surface area contributed by atoms with Gasteiger partial charge in [-0.3, -0.25) is 4.79 Å². The zero-order valence-electron chi connectivity index (χ0n) is 12.9. The van der Waals surface area contributed by atoms with E-state index in [0.29, 0.717) is 0 Å². The number of ether oxygens (including phenoxy) is 1. The minimum absolute atomic E-state index is 0.0318. The van der Waals surface area contributed by atoms with Crippen molar-refractivity contribution in [2.45, 2.75) is 19.9 Å². The maximum atomic E-state index is 12.2. The summed E-state index contributed by atoms with van der Waals surface area (Å²) in [4.78, 5) is 24.4. The molecule has 0 amide bonds. The molecule has 0 aliphatic carbocycles. The van der Waals surface area contributed by atoms with E-state index in [4.69, 9.17) is 4.74 Å². The summed E-state index contributed by atoms with van der Waals surface area (Å²) in [6.07, 6.45) is 0. The first-order valence-electron chi connectivity index (χ1n) is 6.98. The lowest BCUT2D eigenvalue weighted by molar-refractivity contribution is -0.134. The molecule has 0 radical (unpaired) electrons. The number of esters is 1. The number of benzene rings is 1. The van der Waals surface area contributed by atoms with Crippen molar-refractivity contribution in [1.29, 1.82) is 0 Å². The Balaban J connectivity index is 2.22. The van der Waals surface area contributed by atoms with Crippen molar-refractivity contribution in [3.8, 4) is 0 Å². The molecule has 1 N–H and O–H groups in total. The predicted molar refractivity (Wildman–Crippen MR) is 81.3 cm³/mol. The molecule has 0 fully saturated rings. The standard InChI is InChI=1S/C15H15N5O3/c1-8-4-6-10(7-5-8)12-11(9(2)21)13(14(22)23-3)20-15(16-12)17-18-19-20/h4-7,12H,1-3H3,(H,16,17,19)/t12-/m1/s1. The first-order valence-corrected chi connectivity index (χ1v) is 6.98. The van der Waals surface area contributed by atoms with E-state index in [-0.39, 0.29) is 23.0 Å². The van der Waals surface area contributed by atoms with Crippen LogP contribution in [-0.2, 0) is 14.3 Å². The minimum Gasteiger partial charge on any atom is -0.464 e. The van der Waals surface area contributed by atoms with Crippen molar-refractivity contribution < 1.29 is 14.3 Å². The summed E-state index contributed by atoms with van der Waals surface area (Å²) >= 11 is 0. The number of nitrogens with zero attached hydrogens (tertiary/aromatic N) is 4. The number of carbonyl (C=O) groups is 2. The number of fused-ring (bicyclic) bond motifs is 1. The van der Waals surface area contributed by atoms with Gasteiger partial charge in [-0.2, -0.15) is 4.68 Å². The quantitative estimate of drug-likeness (QED) is 0.848. The van der Waals surface area contributed by atoms with E-state index in [0.717, 1.165) is 11.1 Å². The highest BCUT2D eigenvalue weighted by Gasteiger charge is 2.36. The number of nitrogens with one attached hydrogen (secondary N) is 1. The summed E-state index contributed by atoms with van der Waals surface area (Å²) in [6, 6.07) is 7.13. The molecule has 23 heavy (non-hydrogen) atoms. The van der Waals surface area contributed by atoms with Crippen molar-refractivity contribution in [3.05, 3.63) is 41.0 Å². The van der Waals surface area contributed by atoms with E-state index in [1.165, 1.54) is 18.7 Å². The van der Waals surface area contributed by atoms with Crippen LogP contribution >= 0.6 is 0 Å². The van der Waals surface area contributed by atoms with Crippen LogP contribution in [0.15, 0.2) is 29.8 Å². The van der Waals surface area contributed by atoms with Crippen LogP contribution in [-0.4, -0.2) is 39.1 Å². The monoisotopic (exact) mass is 313 g/mol. The van der Waals surface area contributed by atoms with Crippen LogP contribution in [0.25, 0.3) is 5.70 Å². The van der Waals surface area contributed by atoms with Gasteiger partial charge in [0.05, 0.1) is 18.7 Å². The van der Waals surface area contributed by atoms with E-state index < -0.39 is 12.0 Å². The van der Waals surface area contributed by atoms with Crippen LogP contribution in [0.5, 0.6) is 0 Å². The van der Waals surface area contributed by atoms with Crippen molar-refractivity contribution in [1.82, 2.24) is 20.2 Å². The Morgan fingerprint density at radius 3 is 2.57 bits per heavy atom. The highest BCUT2D eigenvalue weighted by atomic mass is 16.5. The fourth-order valence-corrected chi connectivity index (χ4v) is 2.55. The predicted octanol–water partition coefficient (Wildman–Crippen LogP) is 1.12. The molecule has 1 atom stereocenters. The minimum atomic E-state index is -0.664. The average Bonchev–Trinajstić information content (AvgIpc) is 3.01. The molecule has 2 aromatic rings. The van der Waals surface area contributed by atoms with Crippen LogP contribution in [0.2, 0.25) is 0 Å². The number of ketones is 1. The Hall–Kier alpha value is -3.03. The van der Waals surface area contributed by atoms with Crippen molar-refractivity contribution >= 4 is 23.4 Å². The number of hydrogen-bond acceptors (Lipinski definition) is 7. The molecule has 0 bridgehead atoms. The molecule has 8 heteroatoms. The van der Waals surface area contributed by atoms with Gasteiger partial charge in [0.1, 0.15) is 0 Å². The third-order valence-corrected chi connectivity index (χ3v) is 3.67. The van der Waals surface area contributed by atoms with Gasteiger partial charge >= 0.3 is 5.97 Å². The van der Waals surface area contributed by atoms with Crippen LogP contribution < -0.4 is 5.32 Å². The molecule has 0 saturated heterocycles. The summed E-state index contributed by atoms with van der Waals surface area (Å²) in [5.41, 5.74) is 2.22. The largest absolute Gasteiger partial charge is 0.464 e. The maximum absolute atomic E-state index is 12.2. The van der Waals surface area contributed by atoms with E-state index in [1.54, 1.807) is 0 Å². The van der Waals surface area contributed by atoms with Crippen molar-refractivity contribution in [3.63, 3.8) is 0 Å². The smallest absolute Gasteiger partial charge is 0.357 e. The molecule has 3 rings (SSSR count). The molecule has 1 aromatic heterocycles. The third-order valence-electron chi connectivity index (χ3n) is 3.67. The average molecular weight is 313 g/mol. The molecular weight excluding hydrogens is 298 g/mol. The van der Waals surface area contributed by atoms with Crippen LogP contribution in [0, 0.1) is 6.92 Å². The maximum Gasteiger partial charge on any atom is 0.357 e. The Bertz CT molecular complexity index is 807. The zero-order valence-corrected chi connectivity index (χ0v) is 12.9. The SMILES string of the molecule is COC(=O)C1=C(C(C)=O)[C@@H](c2ccc(C)cc2)Nc2nnnn21. The van der Waals surface area contributed by atoms with Gasteiger partial charge in [-0.25, -0.2) is 4.79 Å². The Labute approximate surface area is 132 Å². The van der Waals surface area contributed by atoms with Gasteiger partial charge in [0.2, 0.25) is 5.95 Å². The number of anilines is 1. The second-order valence-corrected chi connectivity index (χ2v) is 5.21. The molecule has 0 unspecified atom stereocenters. The summed E-state index contributed by atoms with van der Waals surface area (Å²) in [5, 5.41) is 14.3. The highest BCUT2D eigenvalue weighted by Crippen LogP contribution is 2.35. The molecular formula is C15H15N5O3. The van der Waals surface area contributed by atoms with Gasteiger partial charge in [-0.15, -0.1) is 0 Å². The van der Waals surface area contributed by atoms with E-state index in [1.807, 2.05) is 31.2 Å². The Morgan fingerprint density at radius 2 is 1.96 bits per heavy atom. The first-order chi connectivity index (χ1) is 11.0. The molecule has 2 heterocycles. The topological polar surface area (TPSA) is 99.0 Å². The lowest BCUT2D eigenvalue weighted by atomic mass is 9.92. The third kappa shape index (κ3) is 2.48. The molecule has 1 aliphatic rings. The van der Waals surface area contributed by atoms with Gasteiger partial charge < -0.3 is 10.1 Å². The van der Waals surface area contributed by atoms with E-state index in [2.05, 4.69) is 20.8 Å². The lowest BCUT2D eigenvalue weighted by Gasteiger charge is -2.27. The van der Waals surface area contributed by atoms with Crippen molar-refractivity contribution in [2.75, 3.05) is 12.4 Å². The number of hydrogen-bond donors (Lipinski definition) is 1. The number of carbonyl (C=O) groups excluding carboxylic acids is 2. The van der Waals surface area contributed by atoms with E-state index in [9.17, 15) is 9.59 Å². The van der Waals surface area contributed by atoms with Crippen LogP contribution in [0.1, 0.15) is 24.1 Å². The second-order valence-electron chi connectivity index (χ2n) is 5.21. The molecule has 0 saturated carbocycles. The number of rotatable bonds is 3. The molecule has 1 aromatic carbocycles. The van der Waals surface area contributed by atoms with Gasteiger partial charge in [0.15, 0.2) is 11.5 Å². The molecule has 8 nitrogen and oxygen atoms in total. The Kier molecular flexibility index (Phi) is 3.65. The molecule has 1 aliphatic heterocycles. The van der Waals surface area contributed by atoms with Gasteiger partial charge in [0, 0.05) is 0 Å². The number of aromatic nitrogens is 4. The first kappa shape index (κ1) is 14.9. The number of Topliss-reactive ketones (excluding diaryl/α,β-unsaturated/α-hetero) is 1. The van der Waals surface area contributed by atoms with Crippen LogP contribution in [0.3, 0.4) is 0 Å². The zero-order chi connectivity index (χ0) is 16.6. The molecule has 118 valence electrons. The molecule has 0 spiro atoms. The van der Waals surface area contributed by atoms with E-state index >= 15 is 0 Å². The summed E-state index contributed by atoms with van der Waals surface area (Å²) < 4.78 is 5.99. The number of aryl methyl sites for hydroxylation is 1.